The number of nitrogens with zero attached hydrogens (tertiary/aromatic N) is 2. The van der Waals surface area contributed by atoms with Crippen LogP contribution in [0.1, 0.15) is 46.5 Å². The Hall–Kier alpha value is -1.83. The lowest BCUT2D eigenvalue weighted by Gasteiger charge is -2.37. The predicted octanol–water partition coefficient (Wildman–Crippen LogP) is 1.39. The van der Waals surface area contributed by atoms with E-state index >= 15 is 0 Å². The molecule has 2 atom stereocenters. The Balaban J connectivity index is 1.87. The zero-order valence-corrected chi connectivity index (χ0v) is 17.0. The molecule has 0 aromatic rings. The number of hydrogen-bond acceptors (Lipinski definition) is 6. The molecule has 2 rings (SSSR count). The summed E-state index contributed by atoms with van der Waals surface area (Å²) in [6.07, 6.45) is 2.70. The van der Waals surface area contributed by atoms with E-state index in [1.807, 2.05) is 20.8 Å². The molecule has 8 nitrogen and oxygen atoms in total. The predicted molar refractivity (Wildman–Crippen MR) is 100 cm³/mol. The van der Waals surface area contributed by atoms with Gasteiger partial charge < -0.3 is 19.7 Å². The lowest BCUT2D eigenvalue weighted by atomic mass is 9.94. The zero-order chi connectivity index (χ0) is 20.0. The quantitative estimate of drug-likeness (QED) is 0.722. The van der Waals surface area contributed by atoms with Gasteiger partial charge in [0.2, 0.25) is 5.91 Å². The molecule has 0 aliphatic carbocycles. The summed E-state index contributed by atoms with van der Waals surface area (Å²) in [4.78, 5) is 39.9. The first kappa shape index (κ1) is 21.5. The lowest BCUT2D eigenvalue weighted by Crippen LogP contribution is -2.56. The number of ether oxygens (including phenoxy) is 2. The first-order chi connectivity index (χ1) is 12.7. The molecule has 154 valence electrons. The second kappa shape index (κ2) is 9.39. The molecule has 0 saturated carbocycles. The fraction of sp³-hybridized carbons (Fsp3) is 0.842. The van der Waals surface area contributed by atoms with Crippen LogP contribution in [-0.2, 0) is 19.1 Å². The number of amides is 2. The van der Waals surface area contributed by atoms with Gasteiger partial charge >= 0.3 is 12.1 Å². The third-order valence-electron chi connectivity index (χ3n) is 5.02. The highest BCUT2D eigenvalue weighted by Gasteiger charge is 2.33. The number of carbonyl (C=O) groups is 3. The maximum atomic E-state index is 12.3. The molecule has 0 aromatic heterocycles. The second-order valence-corrected chi connectivity index (χ2v) is 8.35. The van der Waals surface area contributed by atoms with E-state index in [4.69, 9.17) is 9.47 Å². The smallest absolute Gasteiger partial charge is 0.410 e. The number of hydrogen-bond donors (Lipinski definition) is 1. The summed E-state index contributed by atoms with van der Waals surface area (Å²) in [7, 11) is 1.33. The summed E-state index contributed by atoms with van der Waals surface area (Å²) < 4.78 is 10.2. The van der Waals surface area contributed by atoms with Gasteiger partial charge in [0.15, 0.2) is 0 Å². The van der Waals surface area contributed by atoms with Crippen molar-refractivity contribution in [2.45, 2.75) is 58.1 Å². The number of piperidine rings is 1. The topological polar surface area (TPSA) is 88.2 Å². The number of likely N-dealkylation sites (tertiary alicyclic amines) is 1. The van der Waals surface area contributed by atoms with Crippen LogP contribution in [-0.4, -0.2) is 79.2 Å². The van der Waals surface area contributed by atoms with Crippen molar-refractivity contribution in [3.8, 4) is 0 Å². The summed E-state index contributed by atoms with van der Waals surface area (Å²) >= 11 is 0. The highest BCUT2D eigenvalue weighted by Crippen LogP contribution is 2.23. The maximum Gasteiger partial charge on any atom is 0.410 e. The minimum absolute atomic E-state index is 0.0665. The Morgan fingerprint density at radius 3 is 2.67 bits per heavy atom. The van der Waals surface area contributed by atoms with Crippen molar-refractivity contribution in [3.63, 3.8) is 0 Å². The van der Waals surface area contributed by atoms with Crippen molar-refractivity contribution in [2.75, 3.05) is 39.8 Å². The molecular weight excluding hydrogens is 350 g/mol. The lowest BCUT2D eigenvalue weighted by molar-refractivity contribution is -0.146. The van der Waals surface area contributed by atoms with Crippen LogP contribution in [0.15, 0.2) is 0 Å². The largest absolute Gasteiger partial charge is 0.469 e. The van der Waals surface area contributed by atoms with Crippen LogP contribution in [0, 0.1) is 5.92 Å². The number of methoxy groups -OCH3 is 1. The summed E-state index contributed by atoms with van der Waals surface area (Å²) in [5.74, 6) is -0.128. The van der Waals surface area contributed by atoms with Gasteiger partial charge in [-0.1, -0.05) is 0 Å². The molecule has 2 amide bonds. The number of nitrogens with one attached hydrogen (secondary N) is 1. The van der Waals surface area contributed by atoms with Gasteiger partial charge in [0.25, 0.3) is 0 Å². The first-order valence-electron chi connectivity index (χ1n) is 9.76. The Morgan fingerprint density at radius 1 is 1.26 bits per heavy atom. The monoisotopic (exact) mass is 383 g/mol. The molecule has 1 N–H and O–H groups in total. The van der Waals surface area contributed by atoms with Gasteiger partial charge in [-0.25, -0.2) is 4.79 Å². The van der Waals surface area contributed by atoms with E-state index in [0.29, 0.717) is 19.0 Å². The van der Waals surface area contributed by atoms with Gasteiger partial charge in [0.05, 0.1) is 19.6 Å². The van der Waals surface area contributed by atoms with Crippen molar-refractivity contribution in [2.24, 2.45) is 5.92 Å². The number of piperazine rings is 1. The Kier molecular flexibility index (Phi) is 7.47. The minimum atomic E-state index is -0.494. The molecule has 2 aliphatic rings. The summed E-state index contributed by atoms with van der Waals surface area (Å²) in [5.41, 5.74) is -0.494. The molecule has 27 heavy (non-hydrogen) atoms. The van der Waals surface area contributed by atoms with Gasteiger partial charge in [-0.3, -0.25) is 14.5 Å². The highest BCUT2D eigenvalue weighted by molar-refractivity contribution is 5.87. The van der Waals surface area contributed by atoms with Crippen LogP contribution in [0.25, 0.3) is 0 Å². The van der Waals surface area contributed by atoms with E-state index in [1.54, 1.807) is 4.90 Å². The minimum Gasteiger partial charge on any atom is -0.469 e. The number of rotatable bonds is 5. The Labute approximate surface area is 161 Å². The van der Waals surface area contributed by atoms with Gasteiger partial charge in [-0.2, -0.15) is 0 Å². The summed E-state index contributed by atoms with van der Waals surface area (Å²) in [6, 6.07) is -0.475. The second-order valence-electron chi connectivity index (χ2n) is 8.35. The van der Waals surface area contributed by atoms with E-state index in [9.17, 15) is 14.4 Å². The molecule has 0 radical (unpaired) electrons. The molecule has 2 fully saturated rings. The van der Waals surface area contributed by atoms with E-state index in [0.717, 1.165) is 38.9 Å². The molecule has 0 unspecified atom stereocenters. The van der Waals surface area contributed by atoms with E-state index < -0.39 is 11.6 Å². The van der Waals surface area contributed by atoms with Gasteiger partial charge in [-0.15, -0.1) is 0 Å². The van der Waals surface area contributed by atoms with E-state index in [2.05, 4.69) is 10.2 Å². The normalized spacial score (nSPS) is 24.3. The molecule has 0 aromatic carbocycles. The molecule has 0 spiro atoms. The molecule has 2 aliphatic heterocycles. The molecular formula is C19H33N3O5. The van der Waals surface area contributed by atoms with Crippen LogP contribution in [0.2, 0.25) is 0 Å². The SMILES string of the molecule is COC(=O)C[C@@H]1C(=O)NCCN1CC[C@@H]1CCCN(C(=O)OC(C)(C)C)C1. The average Bonchev–Trinajstić information content (AvgIpc) is 2.61. The summed E-state index contributed by atoms with van der Waals surface area (Å²) in [5, 5.41) is 2.82. The number of carbonyl (C=O) groups excluding carboxylic acids is 3. The van der Waals surface area contributed by atoms with Crippen molar-refractivity contribution in [3.05, 3.63) is 0 Å². The van der Waals surface area contributed by atoms with Crippen LogP contribution in [0.3, 0.4) is 0 Å². The van der Waals surface area contributed by atoms with Crippen molar-refractivity contribution in [1.82, 2.24) is 15.1 Å². The van der Waals surface area contributed by atoms with E-state index in [1.165, 1.54) is 7.11 Å². The van der Waals surface area contributed by atoms with Crippen LogP contribution in [0.4, 0.5) is 4.79 Å². The number of esters is 1. The molecule has 8 heteroatoms. The van der Waals surface area contributed by atoms with Crippen molar-refractivity contribution < 1.29 is 23.9 Å². The first-order valence-corrected chi connectivity index (χ1v) is 9.76. The summed E-state index contributed by atoms with van der Waals surface area (Å²) in [6.45, 7) is 9.04. The van der Waals surface area contributed by atoms with Crippen LogP contribution >= 0.6 is 0 Å². The van der Waals surface area contributed by atoms with Crippen LogP contribution in [0.5, 0.6) is 0 Å². The third-order valence-corrected chi connectivity index (χ3v) is 5.02. The zero-order valence-electron chi connectivity index (χ0n) is 17.0. The third kappa shape index (κ3) is 6.68. The highest BCUT2D eigenvalue weighted by atomic mass is 16.6. The molecule has 2 saturated heterocycles. The fourth-order valence-corrected chi connectivity index (χ4v) is 3.63. The van der Waals surface area contributed by atoms with E-state index in [-0.39, 0.29) is 24.4 Å². The standard InChI is InChI=1S/C19H33N3O5/c1-19(2,3)27-18(25)22-9-5-6-14(13-22)7-10-21-11-8-20-17(24)15(21)12-16(23)26-4/h14-15H,5-13H2,1-4H3,(H,20,24)/t14-,15+/m0/s1. The average molecular weight is 383 g/mol. The van der Waals surface area contributed by atoms with Crippen molar-refractivity contribution in [1.29, 1.82) is 0 Å². The maximum absolute atomic E-state index is 12.3. The van der Waals surface area contributed by atoms with Gasteiger partial charge in [-0.05, 0) is 52.5 Å². The van der Waals surface area contributed by atoms with Crippen molar-refractivity contribution >= 4 is 18.0 Å². The Bertz CT molecular complexity index is 546. The fourth-order valence-electron chi connectivity index (χ4n) is 3.63. The molecule has 0 bridgehead atoms. The molecule has 2 heterocycles. The van der Waals surface area contributed by atoms with Gasteiger partial charge in [0, 0.05) is 26.2 Å². The Morgan fingerprint density at radius 2 is 2.00 bits per heavy atom. The van der Waals surface area contributed by atoms with Crippen LogP contribution < -0.4 is 5.32 Å². The van der Waals surface area contributed by atoms with Gasteiger partial charge in [0.1, 0.15) is 5.60 Å².